The predicted molar refractivity (Wildman–Crippen MR) is 173 cm³/mol. The van der Waals surface area contributed by atoms with Crippen LogP contribution in [0.15, 0.2) is 109 Å². The van der Waals surface area contributed by atoms with Gasteiger partial charge in [0.1, 0.15) is 17.5 Å². The second-order valence-electron chi connectivity index (χ2n) is 10.7. The minimum Gasteiger partial charge on any atom is -0.497 e. The molecule has 0 bridgehead atoms. The van der Waals surface area contributed by atoms with Gasteiger partial charge in [-0.25, -0.2) is 0 Å². The summed E-state index contributed by atoms with van der Waals surface area (Å²) in [6.07, 6.45) is 2.23. The first kappa shape index (κ1) is 32.3. The topological polar surface area (TPSA) is 129 Å². The third-order valence-corrected chi connectivity index (χ3v) is 7.85. The molecule has 8 nitrogen and oxygen atoms in total. The summed E-state index contributed by atoms with van der Waals surface area (Å²) < 4.78 is 10.9. The van der Waals surface area contributed by atoms with Gasteiger partial charge < -0.3 is 26.3 Å². The lowest BCUT2D eigenvalue weighted by atomic mass is 9.76. The van der Waals surface area contributed by atoms with Crippen molar-refractivity contribution < 1.29 is 19.1 Å². The van der Waals surface area contributed by atoms with Crippen molar-refractivity contribution in [3.05, 3.63) is 131 Å². The highest BCUT2D eigenvalue weighted by atomic mass is 16.5. The minimum absolute atomic E-state index is 0.290. The maximum absolute atomic E-state index is 14.2. The van der Waals surface area contributed by atoms with E-state index in [0.717, 1.165) is 28.7 Å². The molecule has 2 amide bonds. The van der Waals surface area contributed by atoms with Crippen LogP contribution in [0.5, 0.6) is 11.5 Å². The first-order chi connectivity index (χ1) is 21.4. The largest absolute Gasteiger partial charge is 0.497 e. The summed E-state index contributed by atoms with van der Waals surface area (Å²) >= 11 is 0. The standard InChI is InChI=1S/C36H42N4O4/c1-43-30-20-16-28(17-21-30)36(27-13-7-4-8-14-27,29-18-22-31(44-2)23-19-29)40-32(15-9-10-24-37)35(42)39-33(34(38)41)25-26-11-5-3-6-12-26/h3-8,11-14,16-23,32-33,40H,9-10,15,24-25,37H2,1-2H3,(H2,38,41)(H,39,42)/t32-,33-/m0/s1. The smallest absolute Gasteiger partial charge is 0.240 e. The predicted octanol–water partition coefficient (Wildman–Crippen LogP) is 4.30. The van der Waals surface area contributed by atoms with E-state index >= 15 is 0 Å². The lowest BCUT2D eigenvalue weighted by molar-refractivity contribution is -0.129. The van der Waals surface area contributed by atoms with Gasteiger partial charge in [0.2, 0.25) is 11.8 Å². The van der Waals surface area contributed by atoms with Gasteiger partial charge in [-0.2, -0.15) is 0 Å². The fraction of sp³-hybridized carbons (Fsp3) is 0.278. The number of unbranched alkanes of at least 4 members (excludes halogenated alkanes) is 1. The van der Waals surface area contributed by atoms with Crippen LogP contribution < -0.4 is 31.6 Å². The third kappa shape index (κ3) is 7.83. The Morgan fingerprint density at radius 3 is 1.68 bits per heavy atom. The van der Waals surface area contributed by atoms with Crippen LogP contribution in [0.3, 0.4) is 0 Å². The molecule has 4 rings (SSSR count). The van der Waals surface area contributed by atoms with Gasteiger partial charge in [0.15, 0.2) is 0 Å². The maximum Gasteiger partial charge on any atom is 0.240 e. The Kier molecular flexibility index (Phi) is 11.5. The number of hydrogen-bond donors (Lipinski definition) is 4. The average molecular weight is 595 g/mol. The summed E-state index contributed by atoms with van der Waals surface area (Å²) in [6.45, 7) is 0.507. The summed E-state index contributed by atoms with van der Waals surface area (Å²) in [6, 6.07) is 33.5. The van der Waals surface area contributed by atoms with Gasteiger partial charge in [-0.3, -0.25) is 14.9 Å². The Balaban J connectivity index is 1.82. The molecule has 230 valence electrons. The van der Waals surface area contributed by atoms with E-state index in [0.29, 0.717) is 30.9 Å². The van der Waals surface area contributed by atoms with Gasteiger partial charge in [0, 0.05) is 6.42 Å². The molecule has 6 N–H and O–H groups in total. The monoisotopic (exact) mass is 594 g/mol. The van der Waals surface area contributed by atoms with Gasteiger partial charge in [0.05, 0.1) is 25.8 Å². The number of nitrogens with two attached hydrogens (primary N) is 2. The highest BCUT2D eigenvalue weighted by molar-refractivity contribution is 5.89. The van der Waals surface area contributed by atoms with Crippen LogP contribution in [0.25, 0.3) is 0 Å². The van der Waals surface area contributed by atoms with Gasteiger partial charge in [-0.15, -0.1) is 0 Å². The van der Waals surface area contributed by atoms with Crippen molar-refractivity contribution >= 4 is 11.8 Å². The number of carbonyl (C=O) groups excluding carboxylic acids is 2. The van der Waals surface area contributed by atoms with Gasteiger partial charge >= 0.3 is 0 Å². The second-order valence-corrected chi connectivity index (χ2v) is 10.7. The summed E-state index contributed by atoms with van der Waals surface area (Å²) in [5.41, 5.74) is 14.3. The Morgan fingerprint density at radius 2 is 1.20 bits per heavy atom. The Hall–Kier alpha value is -4.66. The number of nitrogens with one attached hydrogen (secondary N) is 2. The summed E-state index contributed by atoms with van der Waals surface area (Å²) in [5, 5.41) is 6.73. The maximum atomic E-state index is 14.2. The van der Waals surface area contributed by atoms with Crippen molar-refractivity contribution in [1.29, 1.82) is 0 Å². The van der Waals surface area contributed by atoms with Crippen LogP contribution in [0, 0.1) is 0 Å². The molecule has 0 spiro atoms. The van der Waals surface area contributed by atoms with Crippen LogP contribution in [0.4, 0.5) is 0 Å². The van der Waals surface area contributed by atoms with Crippen molar-refractivity contribution in [2.24, 2.45) is 11.5 Å². The number of benzene rings is 4. The molecule has 0 aromatic heterocycles. The van der Waals surface area contributed by atoms with Crippen LogP contribution in [0.1, 0.15) is 41.5 Å². The molecule has 4 aromatic carbocycles. The molecular formula is C36H42N4O4. The zero-order valence-electron chi connectivity index (χ0n) is 25.4. The molecule has 0 radical (unpaired) electrons. The normalized spacial score (nSPS) is 12.6. The number of amides is 2. The van der Waals surface area contributed by atoms with Crippen molar-refractivity contribution in [2.45, 2.75) is 43.3 Å². The Bertz CT molecular complexity index is 1410. The van der Waals surface area contributed by atoms with Crippen LogP contribution in [-0.4, -0.2) is 44.7 Å². The lowest BCUT2D eigenvalue weighted by Gasteiger charge is -2.40. The molecule has 0 saturated heterocycles. The zero-order chi connectivity index (χ0) is 31.4. The highest BCUT2D eigenvalue weighted by Crippen LogP contribution is 2.39. The van der Waals surface area contributed by atoms with E-state index in [2.05, 4.69) is 10.6 Å². The number of rotatable bonds is 16. The van der Waals surface area contributed by atoms with E-state index in [-0.39, 0.29) is 12.3 Å². The lowest BCUT2D eigenvalue weighted by Crippen LogP contribution is -2.58. The van der Waals surface area contributed by atoms with Crippen molar-refractivity contribution in [3.63, 3.8) is 0 Å². The molecule has 0 unspecified atom stereocenters. The van der Waals surface area contributed by atoms with E-state index in [1.54, 1.807) is 14.2 Å². The van der Waals surface area contributed by atoms with Crippen molar-refractivity contribution in [1.82, 2.24) is 10.6 Å². The fourth-order valence-corrected chi connectivity index (χ4v) is 5.49. The molecule has 0 saturated carbocycles. The molecule has 0 aliphatic heterocycles. The van der Waals surface area contributed by atoms with E-state index in [1.807, 2.05) is 109 Å². The Labute approximate surface area is 259 Å². The van der Waals surface area contributed by atoms with Gasteiger partial charge in [-0.05, 0) is 65.9 Å². The molecule has 4 aromatic rings. The molecule has 2 atom stereocenters. The first-order valence-corrected chi connectivity index (χ1v) is 14.9. The number of ether oxygens (including phenoxy) is 2. The summed E-state index contributed by atoms with van der Waals surface area (Å²) in [7, 11) is 3.26. The number of primary amides is 1. The fourth-order valence-electron chi connectivity index (χ4n) is 5.49. The molecule has 0 aliphatic carbocycles. The first-order valence-electron chi connectivity index (χ1n) is 14.9. The highest BCUT2D eigenvalue weighted by Gasteiger charge is 2.40. The van der Waals surface area contributed by atoms with Gasteiger partial charge in [-0.1, -0.05) is 91.3 Å². The number of methoxy groups -OCH3 is 2. The molecular weight excluding hydrogens is 552 g/mol. The van der Waals surface area contributed by atoms with Crippen LogP contribution in [0.2, 0.25) is 0 Å². The quantitative estimate of drug-likeness (QED) is 0.113. The zero-order valence-corrected chi connectivity index (χ0v) is 25.4. The Morgan fingerprint density at radius 1 is 0.705 bits per heavy atom. The number of carbonyl (C=O) groups is 2. The molecule has 8 heteroatoms. The SMILES string of the molecule is COc1ccc(C(N[C@@H](CCCCN)C(=O)N[C@@H](Cc2ccccc2)C(N)=O)(c2ccccc2)c2ccc(OC)cc2)cc1. The van der Waals surface area contributed by atoms with Crippen LogP contribution in [-0.2, 0) is 21.5 Å². The molecule has 44 heavy (non-hydrogen) atoms. The van der Waals surface area contributed by atoms with Crippen molar-refractivity contribution in [2.75, 3.05) is 20.8 Å². The van der Waals surface area contributed by atoms with Gasteiger partial charge in [0.25, 0.3) is 0 Å². The van der Waals surface area contributed by atoms with Crippen LogP contribution >= 0.6 is 0 Å². The second kappa shape index (κ2) is 15.7. The molecule has 0 fully saturated rings. The summed E-state index contributed by atoms with van der Waals surface area (Å²) in [5.74, 6) is 0.521. The van der Waals surface area contributed by atoms with Crippen molar-refractivity contribution in [3.8, 4) is 11.5 Å². The minimum atomic E-state index is -0.966. The summed E-state index contributed by atoms with van der Waals surface area (Å²) in [4.78, 5) is 26.7. The molecule has 0 aliphatic rings. The average Bonchev–Trinajstić information content (AvgIpc) is 3.07. The third-order valence-electron chi connectivity index (χ3n) is 7.85. The number of hydrogen-bond acceptors (Lipinski definition) is 6. The van der Waals surface area contributed by atoms with E-state index in [1.165, 1.54) is 0 Å². The van der Waals surface area contributed by atoms with E-state index in [4.69, 9.17) is 20.9 Å². The molecule has 0 heterocycles. The van der Waals surface area contributed by atoms with E-state index < -0.39 is 23.5 Å². The van der Waals surface area contributed by atoms with E-state index in [9.17, 15) is 9.59 Å².